The molecule has 0 saturated carbocycles. The zero-order chi connectivity index (χ0) is 20.6. The van der Waals surface area contributed by atoms with Gasteiger partial charge in [0, 0.05) is 32.0 Å². The van der Waals surface area contributed by atoms with E-state index in [9.17, 15) is 14.0 Å². The van der Waals surface area contributed by atoms with Gasteiger partial charge in [0.1, 0.15) is 17.2 Å². The van der Waals surface area contributed by atoms with Crippen LogP contribution in [-0.2, 0) is 4.79 Å². The van der Waals surface area contributed by atoms with E-state index < -0.39 is 5.60 Å². The lowest BCUT2D eigenvalue weighted by molar-refractivity contribution is -0.129. The number of Topliss-reactive ketones (excluding diaryl/α,β-unsaturated/α-hetero) is 1. The van der Waals surface area contributed by atoms with E-state index in [2.05, 4.69) is 0 Å². The lowest BCUT2D eigenvalue weighted by atomic mass is 9.82. The molecule has 1 fully saturated rings. The molecule has 4 rings (SSSR count). The Labute approximate surface area is 170 Å². The van der Waals surface area contributed by atoms with E-state index in [-0.39, 0.29) is 17.5 Å². The highest BCUT2D eigenvalue weighted by Crippen LogP contribution is 2.40. The zero-order valence-electron chi connectivity index (χ0n) is 16.7. The van der Waals surface area contributed by atoms with E-state index in [1.165, 1.54) is 18.2 Å². The number of benzene rings is 2. The fourth-order valence-corrected chi connectivity index (χ4v) is 4.01. The predicted molar refractivity (Wildman–Crippen MR) is 109 cm³/mol. The number of rotatable bonds is 2. The summed E-state index contributed by atoms with van der Waals surface area (Å²) >= 11 is 0. The second kappa shape index (κ2) is 7.47. The van der Waals surface area contributed by atoms with Crippen LogP contribution in [0.5, 0.6) is 5.75 Å². The summed E-state index contributed by atoms with van der Waals surface area (Å²) in [5, 5.41) is 0. The highest BCUT2D eigenvalue weighted by molar-refractivity contribution is 6.00. The minimum Gasteiger partial charge on any atom is -0.486 e. The summed E-state index contributed by atoms with van der Waals surface area (Å²) in [6.07, 6.45) is 4.81. The topological polar surface area (TPSA) is 46.6 Å². The molecule has 1 saturated heterocycles. The Hall–Kier alpha value is -2.95. The molecular weight excluding hydrogens is 369 g/mol. The molecule has 2 aliphatic rings. The summed E-state index contributed by atoms with van der Waals surface area (Å²) in [5.74, 6) is 0.396. The monoisotopic (exact) mass is 393 g/mol. The van der Waals surface area contributed by atoms with Gasteiger partial charge in [-0.3, -0.25) is 9.59 Å². The third kappa shape index (κ3) is 3.95. The fraction of sp³-hybridized carbons (Fsp3) is 0.333. The van der Waals surface area contributed by atoms with Gasteiger partial charge in [0.05, 0.1) is 12.0 Å². The minimum absolute atomic E-state index is 0.0850. The Kier molecular flexibility index (Phi) is 4.99. The number of amides is 1. The number of halogens is 1. The molecule has 1 amide bonds. The number of ether oxygens (including phenoxy) is 1. The van der Waals surface area contributed by atoms with Crippen molar-refractivity contribution in [2.24, 2.45) is 0 Å². The van der Waals surface area contributed by atoms with E-state index in [1.54, 1.807) is 23.1 Å². The van der Waals surface area contributed by atoms with Crippen molar-refractivity contribution in [2.75, 3.05) is 13.1 Å². The number of fused-ring (bicyclic) bond motifs is 1. The largest absolute Gasteiger partial charge is 0.486 e. The summed E-state index contributed by atoms with van der Waals surface area (Å²) in [5.41, 5.74) is 3.11. The molecule has 5 heteroatoms. The van der Waals surface area contributed by atoms with Crippen molar-refractivity contribution in [3.8, 4) is 5.75 Å². The Bertz CT molecular complexity index is 986. The number of likely N-dealkylation sites (tertiary alicyclic amines) is 1. The smallest absolute Gasteiger partial charge is 0.246 e. The molecule has 0 N–H and O–H groups in total. The number of ketones is 1. The van der Waals surface area contributed by atoms with Crippen LogP contribution in [0.2, 0.25) is 0 Å². The van der Waals surface area contributed by atoms with E-state index >= 15 is 0 Å². The summed E-state index contributed by atoms with van der Waals surface area (Å²) in [7, 11) is 0. The van der Waals surface area contributed by atoms with Crippen molar-refractivity contribution in [1.82, 2.24) is 4.90 Å². The number of piperidine rings is 1. The number of nitrogens with zero attached hydrogens (tertiary/aromatic N) is 1. The summed E-state index contributed by atoms with van der Waals surface area (Å²) in [6, 6.07) is 9.87. The summed E-state index contributed by atoms with van der Waals surface area (Å²) < 4.78 is 19.3. The maximum atomic E-state index is 13.0. The molecule has 4 nitrogen and oxygen atoms in total. The van der Waals surface area contributed by atoms with E-state index in [0.29, 0.717) is 43.7 Å². The van der Waals surface area contributed by atoms with Gasteiger partial charge >= 0.3 is 0 Å². The fourth-order valence-electron chi connectivity index (χ4n) is 4.01. The lowest BCUT2D eigenvalue weighted by Gasteiger charge is -2.44. The normalized spacial score (nSPS) is 18.0. The SMILES string of the molecule is Cc1cc2c(cc1C)C(=O)CC1(CCN(C(=O)/C=C/c3ccc(F)cc3)CC1)O2. The third-order valence-corrected chi connectivity index (χ3v) is 5.98. The van der Waals surface area contributed by atoms with Crippen molar-refractivity contribution in [2.45, 2.75) is 38.7 Å². The Morgan fingerprint density at radius 2 is 1.76 bits per heavy atom. The van der Waals surface area contributed by atoms with Crippen LogP contribution in [0.1, 0.15) is 46.3 Å². The highest BCUT2D eigenvalue weighted by atomic mass is 19.1. The van der Waals surface area contributed by atoms with Gasteiger partial charge in [-0.1, -0.05) is 12.1 Å². The van der Waals surface area contributed by atoms with Crippen molar-refractivity contribution >= 4 is 17.8 Å². The molecule has 2 aliphatic heterocycles. The lowest BCUT2D eigenvalue weighted by Crippen LogP contribution is -2.52. The molecule has 0 aromatic heterocycles. The molecule has 0 radical (unpaired) electrons. The van der Waals surface area contributed by atoms with Crippen LogP contribution in [0, 0.1) is 19.7 Å². The maximum absolute atomic E-state index is 13.0. The Balaban J connectivity index is 1.42. The first-order chi connectivity index (χ1) is 13.8. The Morgan fingerprint density at radius 1 is 1.10 bits per heavy atom. The standard InChI is InChI=1S/C24H24FNO3/c1-16-13-20-21(27)15-24(29-22(20)14-17(16)2)9-11-26(12-10-24)23(28)8-5-18-3-6-19(25)7-4-18/h3-8,13-14H,9-12,15H2,1-2H3/b8-5+. The van der Waals surface area contributed by atoms with E-state index in [4.69, 9.17) is 4.74 Å². The second-order valence-electron chi connectivity index (χ2n) is 8.03. The molecule has 29 heavy (non-hydrogen) atoms. The van der Waals surface area contributed by atoms with Gasteiger partial charge < -0.3 is 9.64 Å². The molecular formula is C24H24FNO3. The second-order valence-corrected chi connectivity index (χ2v) is 8.03. The van der Waals surface area contributed by atoms with E-state index in [0.717, 1.165) is 16.7 Å². The molecule has 2 aromatic rings. The van der Waals surface area contributed by atoms with Gasteiger partial charge in [-0.15, -0.1) is 0 Å². The van der Waals surface area contributed by atoms with Crippen molar-refractivity contribution < 1.29 is 18.7 Å². The van der Waals surface area contributed by atoms with Crippen LogP contribution in [-0.4, -0.2) is 35.3 Å². The average Bonchev–Trinajstić information content (AvgIpc) is 2.69. The molecule has 1 spiro atoms. The van der Waals surface area contributed by atoms with Crippen LogP contribution < -0.4 is 4.74 Å². The first-order valence-electron chi connectivity index (χ1n) is 9.91. The third-order valence-electron chi connectivity index (χ3n) is 5.98. The molecule has 2 heterocycles. The molecule has 0 bridgehead atoms. The van der Waals surface area contributed by atoms with E-state index in [1.807, 2.05) is 26.0 Å². The number of hydrogen-bond donors (Lipinski definition) is 0. The summed E-state index contributed by atoms with van der Waals surface area (Å²) in [4.78, 5) is 27.0. The number of carbonyl (C=O) groups is 2. The minimum atomic E-state index is -0.525. The molecule has 0 aliphatic carbocycles. The number of aryl methyl sites for hydroxylation is 2. The molecule has 2 aromatic carbocycles. The van der Waals surface area contributed by atoms with Gasteiger partial charge in [-0.25, -0.2) is 4.39 Å². The zero-order valence-corrected chi connectivity index (χ0v) is 16.7. The number of hydrogen-bond acceptors (Lipinski definition) is 3. The maximum Gasteiger partial charge on any atom is 0.246 e. The quantitative estimate of drug-likeness (QED) is 0.707. The molecule has 150 valence electrons. The molecule has 0 atom stereocenters. The van der Waals surface area contributed by atoms with Crippen LogP contribution in [0.25, 0.3) is 6.08 Å². The number of carbonyl (C=O) groups excluding carboxylic acids is 2. The molecule has 0 unspecified atom stereocenters. The van der Waals surface area contributed by atoms with Crippen LogP contribution in [0.15, 0.2) is 42.5 Å². The van der Waals surface area contributed by atoms with Crippen LogP contribution in [0.4, 0.5) is 4.39 Å². The van der Waals surface area contributed by atoms with Crippen molar-refractivity contribution in [1.29, 1.82) is 0 Å². The first-order valence-corrected chi connectivity index (χ1v) is 9.91. The average molecular weight is 393 g/mol. The first kappa shape index (κ1) is 19.4. The van der Waals surface area contributed by atoms with Gasteiger partial charge in [0.2, 0.25) is 5.91 Å². The van der Waals surface area contributed by atoms with Gasteiger partial charge in [0.15, 0.2) is 5.78 Å². The van der Waals surface area contributed by atoms with Crippen molar-refractivity contribution in [3.63, 3.8) is 0 Å². The predicted octanol–water partition coefficient (Wildman–Crippen LogP) is 4.48. The van der Waals surface area contributed by atoms with Gasteiger partial charge in [-0.05, 0) is 60.9 Å². The van der Waals surface area contributed by atoms with Gasteiger partial charge in [0.25, 0.3) is 0 Å². The highest BCUT2D eigenvalue weighted by Gasteiger charge is 2.43. The summed E-state index contributed by atoms with van der Waals surface area (Å²) in [6.45, 7) is 5.09. The van der Waals surface area contributed by atoms with Crippen LogP contribution in [0.3, 0.4) is 0 Å². The Morgan fingerprint density at radius 3 is 2.45 bits per heavy atom. The van der Waals surface area contributed by atoms with Crippen molar-refractivity contribution in [3.05, 3.63) is 70.5 Å². The van der Waals surface area contributed by atoms with Crippen LogP contribution >= 0.6 is 0 Å². The van der Waals surface area contributed by atoms with Gasteiger partial charge in [-0.2, -0.15) is 0 Å².